The number of hydrogen-bond donors (Lipinski definition) is 1. The largest absolute Gasteiger partial charge is 0.454 e. The molecule has 0 fully saturated rings. The Labute approximate surface area is 136 Å². The molecule has 0 unspecified atom stereocenters. The fraction of sp³-hybridized carbons (Fsp3) is 0.316. The molecule has 1 aliphatic rings. The molecule has 0 spiro atoms. The van der Waals surface area contributed by atoms with Crippen LogP contribution in [0.4, 0.5) is 5.69 Å². The summed E-state index contributed by atoms with van der Waals surface area (Å²) in [5.41, 5.74) is 3.28. The van der Waals surface area contributed by atoms with Crippen LogP contribution in [0.3, 0.4) is 0 Å². The zero-order valence-corrected chi connectivity index (χ0v) is 13.9. The van der Waals surface area contributed by atoms with Gasteiger partial charge in [0.1, 0.15) is 0 Å². The van der Waals surface area contributed by atoms with Crippen molar-refractivity contribution < 1.29 is 14.3 Å². The molecule has 120 valence electrons. The summed E-state index contributed by atoms with van der Waals surface area (Å²) in [7, 11) is 0. The summed E-state index contributed by atoms with van der Waals surface area (Å²) in [6.45, 7) is 8.08. The lowest BCUT2D eigenvalue weighted by Gasteiger charge is -2.24. The molecule has 1 amide bonds. The number of fused-ring (bicyclic) bond motifs is 1. The summed E-state index contributed by atoms with van der Waals surface area (Å²) in [6, 6.07) is 11.7. The quantitative estimate of drug-likeness (QED) is 0.933. The van der Waals surface area contributed by atoms with Crippen molar-refractivity contribution in [2.24, 2.45) is 0 Å². The molecule has 0 aromatic heterocycles. The Hall–Kier alpha value is -2.49. The molecule has 3 rings (SSSR count). The van der Waals surface area contributed by atoms with Crippen LogP contribution >= 0.6 is 0 Å². The lowest BCUT2D eigenvalue weighted by atomic mass is 9.83. The fourth-order valence-electron chi connectivity index (χ4n) is 2.75. The monoisotopic (exact) mass is 311 g/mol. The Bertz CT molecular complexity index is 745. The Morgan fingerprint density at radius 1 is 1.00 bits per heavy atom. The number of aryl methyl sites for hydroxylation is 2. The van der Waals surface area contributed by atoms with Gasteiger partial charge in [-0.15, -0.1) is 0 Å². The van der Waals surface area contributed by atoms with Gasteiger partial charge in [-0.1, -0.05) is 12.1 Å². The van der Waals surface area contributed by atoms with Crippen LogP contribution in [0.2, 0.25) is 0 Å². The third-order valence-corrected chi connectivity index (χ3v) is 4.14. The van der Waals surface area contributed by atoms with E-state index in [1.54, 1.807) is 0 Å². The Morgan fingerprint density at radius 3 is 2.35 bits per heavy atom. The molecule has 0 saturated heterocycles. The highest BCUT2D eigenvalue weighted by Crippen LogP contribution is 2.36. The van der Waals surface area contributed by atoms with E-state index in [-0.39, 0.29) is 12.7 Å². The van der Waals surface area contributed by atoms with Crippen LogP contribution in [0.15, 0.2) is 36.4 Å². The van der Waals surface area contributed by atoms with Gasteiger partial charge in [-0.3, -0.25) is 4.79 Å². The van der Waals surface area contributed by atoms with Gasteiger partial charge >= 0.3 is 0 Å². The minimum atomic E-state index is -0.682. The SMILES string of the molecule is Cc1cc(C)cc(NC(=O)C(C)(C)c2ccc3c(c2)OCO3)c1. The molecule has 23 heavy (non-hydrogen) atoms. The predicted octanol–water partition coefficient (Wildman–Crippen LogP) is 3.95. The number of benzene rings is 2. The lowest BCUT2D eigenvalue weighted by molar-refractivity contribution is -0.120. The van der Waals surface area contributed by atoms with Crippen molar-refractivity contribution in [3.8, 4) is 11.5 Å². The highest BCUT2D eigenvalue weighted by molar-refractivity contribution is 5.98. The Balaban J connectivity index is 1.85. The number of rotatable bonds is 3. The van der Waals surface area contributed by atoms with Crippen LogP contribution in [0, 0.1) is 13.8 Å². The maximum Gasteiger partial charge on any atom is 0.234 e. The standard InChI is InChI=1S/C19H21NO3/c1-12-7-13(2)9-15(8-12)20-18(21)19(3,4)14-5-6-16-17(10-14)23-11-22-16/h5-10H,11H2,1-4H3,(H,20,21). The number of hydrogen-bond acceptors (Lipinski definition) is 3. The van der Waals surface area contributed by atoms with Gasteiger partial charge in [0.15, 0.2) is 11.5 Å². The first-order chi connectivity index (χ1) is 10.9. The van der Waals surface area contributed by atoms with E-state index in [1.165, 1.54) is 0 Å². The molecule has 2 aromatic carbocycles. The fourth-order valence-corrected chi connectivity index (χ4v) is 2.75. The van der Waals surface area contributed by atoms with Crippen molar-refractivity contribution in [1.29, 1.82) is 0 Å². The molecule has 0 atom stereocenters. The highest BCUT2D eigenvalue weighted by Gasteiger charge is 2.31. The Morgan fingerprint density at radius 2 is 1.65 bits per heavy atom. The highest BCUT2D eigenvalue weighted by atomic mass is 16.7. The lowest BCUT2D eigenvalue weighted by Crippen LogP contribution is -2.34. The summed E-state index contributed by atoms with van der Waals surface area (Å²) in [4.78, 5) is 12.8. The predicted molar refractivity (Wildman–Crippen MR) is 90.1 cm³/mol. The summed E-state index contributed by atoms with van der Waals surface area (Å²) in [6.07, 6.45) is 0. The number of nitrogens with one attached hydrogen (secondary N) is 1. The van der Waals surface area contributed by atoms with Crippen LogP contribution in [-0.4, -0.2) is 12.7 Å². The maximum absolute atomic E-state index is 12.8. The molecule has 2 aromatic rings. The molecule has 0 radical (unpaired) electrons. The Kier molecular flexibility index (Phi) is 3.76. The van der Waals surface area contributed by atoms with E-state index < -0.39 is 5.41 Å². The molecule has 1 N–H and O–H groups in total. The van der Waals surface area contributed by atoms with E-state index in [2.05, 4.69) is 11.4 Å². The van der Waals surface area contributed by atoms with Crippen LogP contribution in [-0.2, 0) is 10.2 Å². The second-order valence-corrected chi connectivity index (χ2v) is 6.52. The number of carbonyl (C=O) groups excluding carboxylic acids is 1. The summed E-state index contributed by atoms with van der Waals surface area (Å²) >= 11 is 0. The number of anilines is 1. The van der Waals surface area contributed by atoms with E-state index in [4.69, 9.17) is 9.47 Å². The molecule has 1 aliphatic heterocycles. The van der Waals surface area contributed by atoms with Crippen molar-refractivity contribution in [3.63, 3.8) is 0 Å². The molecule has 0 aliphatic carbocycles. The van der Waals surface area contributed by atoms with E-state index in [1.807, 2.05) is 58.0 Å². The average Bonchev–Trinajstić information content (AvgIpc) is 2.93. The smallest absolute Gasteiger partial charge is 0.234 e. The van der Waals surface area contributed by atoms with Crippen LogP contribution in [0.1, 0.15) is 30.5 Å². The minimum absolute atomic E-state index is 0.0543. The molecule has 1 heterocycles. The van der Waals surface area contributed by atoms with Crippen LogP contribution in [0.25, 0.3) is 0 Å². The average molecular weight is 311 g/mol. The van der Waals surface area contributed by atoms with Gasteiger partial charge in [-0.25, -0.2) is 0 Å². The maximum atomic E-state index is 12.8. The topological polar surface area (TPSA) is 47.6 Å². The molecule has 0 saturated carbocycles. The van der Waals surface area contributed by atoms with Gasteiger partial charge in [-0.2, -0.15) is 0 Å². The third-order valence-electron chi connectivity index (χ3n) is 4.14. The van der Waals surface area contributed by atoms with Gasteiger partial charge in [-0.05, 0) is 68.7 Å². The van der Waals surface area contributed by atoms with Gasteiger partial charge in [0, 0.05) is 5.69 Å². The van der Waals surface area contributed by atoms with Gasteiger partial charge in [0.05, 0.1) is 5.41 Å². The van der Waals surface area contributed by atoms with E-state index in [0.29, 0.717) is 5.75 Å². The third kappa shape index (κ3) is 3.02. The first kappa shape index (κ1) is 15.4. The van der Waals surface area contributed by atoms with Gasteiger partial charge in [0.25, 0.3) is 0 Å². The summed E-state index contributed by atoms with van der Waals surface area (Å²) in [5, 5.41) is 3.02. The van der Waals surface area contributed by atoms with Crippen molar-refractivity contribution in [3.05, 3.63) is 53.1 Å². The van der Waals surface area contributed by atoms with Crippen molar-refractivity contribution >= 4 is 11.6 Å². The van der Waals surface area contributed by atoms with E-state index in [0.717, 1.165) is 28.1 Å². The second kappa shape index (κ2) is 5.61. The number of amides is 1. The van der Waals surface area contributed by atoms with Gasteiger partial charge in [0.2, 0.25) is 12.7 Å². The molecule has 4 nitrogen and oxygen atoms in total. The normalized spacial score (nSPS) is 13.0. The van der Waals surface area contributed by atoms with Crippen molar-refractivity contribution in [2.75, 3.05) is 12.1 Å². The van der Waals surface area contributed by atoms with Crippen LogP contribution in [0.5, 0.6) is 11.5 Å². The summed E-state index contributed by atoms with van der Waals surface area (Å²) in [5.74, 6) is 1.36. The number of carbonyl (C=O) groups is 1. The molecular formula is C19H21NO3. The van der Waals surface area contributed by atoms with Crippen LogP contribution < -0.4 is 14.8 Å². The first-order valence-electron chi connectivity index (χ1n) is 7.66. The second-order valence-electron chi connectivity index (χ2n) is 6.52. The number of ether oxygens (including phenoxy) is 2. The molecule has 0 bridgehead atoms. The first-order valence-corrected chi connectivity index (χ1v) is 7.66. The minimum Gasteiger partial charge on any atom is -0.454 e. The molecular weight excluding hydrogens is 290 g/mol. The van der Waals surface area contributed by atoms with Gasteiger partial charge < -0.3 is 14.8 Å². The zero-order chi connectivity index (χ0) is 16.6. The van der Waals surface area contributed by atoms with Crippen molar-refractivity contribution in [2.45, 2.75) is 33.1 Å². The van der Waals surface area contributed by atoms with Crippen molar-refractivity contribution in [1.82, 2.24) is 0 Å². The molecule has 4 heteroatoms. The zero-order valence-electron chi connectivity index (χ0n) is 13.9. The van der Waals surface area contributed by atoms with E-state index in [9.17, 15) is 4.79 Å². The van der Waals surface area contributed by atoms with E-state index >= 15 is 0 Å². The summed E-state index contributed by atoms with van der Waals surface area (Å²) < 4.78 is 10.7.